The topological polar surface area (TPSA) is 91.6 Å². The Hall–Kier alpha value is -3.69. The second kappa shape index (κ2) is 6.40. The standard InChI is InChI=1S/C21H16F2N6O2/c1-28-8-24-20-18(28)21(30)29(9-25-20)7-16-26-19(27-31-16)17-14-4-11(5-15(14)17)10-2-12(22)6-13(23)3-10/h2-4,6,8-9,14-15,17H,5,7H2,1H3. The molecule has 3 atom stereocenters. The van der Waals surface area contributed by atoms with E-state index in [4.69, 9.17) is 4.52 Å². The maximum absolute atomic E-state index is 13.5. The zero-order valence-corrected chi connectivity index (χ0v) is 16.4. The van der Waals surface area contributed by atoms with Gasteiger partial charge in [0.15, 0.2) is 17.0 Å². The van der Waals surface area contributed by atoms with Gasteiger partial charge in [0.1, 0.15) is 24.5 Å². The van der Waals surface area contributed by atoms with Crippen molar-refractivity contribution < 1.29 is 13.3 Å². The minimum absolute atomic E-state index is 0.117. The first-order valence-corrected chi connectivity index (χ1v) is 9.84. The third-order valence-corrected chi connectivity index (χ3v) is 6.10. The van der Waals surface area contributed by atoms with Gasteiger partial charge in [-0.3, -0.25) is 9.36 Å². The van der Waals surface area contributed by atoms with Gasteiger partial charge in [0.2, 0.25) is 5.89 Å². The highest BCUT2D eigenvalue weighted by Gasteiger charge is 2.55. The van der Waals surface area contributed by atoms with Crippen molar-refractivity contribution in [3.63, 3.8) is 0 Å². The molecule has 1 fully saturated rings. The van der Waals surface area contributed by atoms with Crippen LogP contribution in [0.3, 0.4) is 0 Å². The Morgan fingerprint density at radius 2 is 1.94 bits per heavy atom. The first-order chi connectivity index (χ1) is 15.0. The van der Waals surface area contributed by atoms with Crippen molar-refractivity contribution in [1.82, 2.24) is 29.2 Å². The largest absolute Gasteiger partial charge is 0.337 e. The molecule has 0 radical (unpaired) electrons. The van der Waals surface area contributed by atoms with E-state index in [1.807, 2.05) is 6.08 Å². The average molecular weight is 422 g/mol. The van der Waals surface area contributed by atoms with E-state index in [1.54, 1.807) is 17.9 Å². The molecule has 0 N–H and O–H groups in total. The Balaban J connectivity index is 1.21. The van der Waals surface area contributed by atoms with Crippen molar-refractivity contribution in [3.8, 4) is 0 Å². The monoisotopic (exact) mass is 422 g/mol. The fourth-order valence-electron chi connectivity index (χ4n) is 4.56. The van der Waals surface area contributed by atoms with Crippen LogP contribution in [0.15, 0.2) is 46.2 Å². The molecule has 2 aliphatic carbocycles. The van der Waals surface area contributed by atoms with Crippen LogP contribution >= 0.6 is 0 Å². The van der Waals surface area contributed by atoms with Gasteiger partial charge in [-0.15, -0.1) is 0 Å². The highest BCUT2D eigenvalue weighted by Crippen LogP contribution is 2.62. The molecular weight excluding hydrogens is 406 g/mol. The number of aromatic nitrogens is 6. The molecule has 2 aliphatic rings. The zero-order valence-electron chi connectivity index (χ0n) is 16.4. The molecule has 1 aromatic carbocycles. The minimum Gasteiger partial charge on any atom is -0.337 e. The number of rotatable bonds is 4. The Kier molecular flexibility index (Phi) is 3.74. The van der Waals surface area contributed by atoms with Crippen molar-refractivity contribution in [2.75, 3.05) is 0 Å². The van der Waals surface area contributed by atoms with Crippen molar-refractivity contribution in [2.45, 2.75) is 18.9 Å². The quantitative estimate of drug-likeness (QED) is 0.502. The van der Waals surface area contributed by atoms with Crippen molar-refractivity contribution >= 4 is 16.7 Å². The molecule has 3 aromatic heterocycles. The summed E-state index contributed by atoms with van der Waals surface area (Å²) in [5, 5.41) is 4.09. The van der Waals surface area contributed by atoms with Gasteiger partial charge in [0.25, 0.3) is 5.56 Å². The van der Waals surface area contributed by atoms with Gasteiger partial charge < -0.3 is 9.09 Å². The van der Waals surface area contributed by atoms with Gasteiger partial charge in [-0.1, -0.05) is 11.2 Å². The van der Waals surface area contributed by atoms with Gasteiger partial charge in [-0.05, 0) is 41.5 Å². The summed E-state index contributed by atoms with van der Waals surface area (Å²) < 4.78 is 35.4. The van der Waals surface area contributed by atoms with Gasteiger partial charge in [0, 0.05) is 19.0 Å². The summed E-state index contributed by atoms with van der Waals surface area (Å²) in [6.45, 7) is 0.117. The number of halogens is 2. The van der Waals surface area contributed by atoms with E-state index in [-0.39, 0.29) is 23.9 Å². The lowest BCUT2D eigenvalue weighted by atomic mass is 10.0. The smallest absolute Gasteiger partial charge is 0.280 e. The lowest BCUT2D eigenvalue weighted by Gasteiger charge is -2.06. The molecule has 10 heteroatoms. The lowest BCUT2D eigenvalue weighted by Crippen LogP contribution is -2.22. The van der Waals surface area contributed by atoms with Crippen LogP contribution in [0.4, 0.5) is 8.78 Å². The number of fused-ring (bicyclic) bond motifs is 2. The molecule has 0 spiro atoms. The molecule has 4 aromatic rings. The van der Waals surface area contributed by atoms with Gasteiger partial charge >= 0.3 is 0 Å². The number of benzene rings is 1. The molecule has 31 heavy (non-hydrogen) atoms. The second-order valence-corrected chi connectivity index (χ2v) is 8.07. The molecule has 156 valence electrons. The molecule has 6 rings (SSSR count). The summed E-state index contributed by atoms with van der Waals surface area (Å²) in [7, 11) is 1.74. The summed E-state index contributed by atoms with van der Waals surface area (Å²) in [4.78, 5) is 25.4. The van der Waals surface area contributed by atoms with Crippen LogP contribution < -0.4 is 5.56 Å². The zero-order chi connectivity index (χ0) is 21.3. The third kappa shape index (κ3) is 2.89. The fourth-order valence-corrected chi connectivity index (χ4v) is 4.56. The SMILES string of the molecule is Cn1cnc2ncn(Cc3nc(C4C5C=C(c6cc(F)cc(F)c6)CC54)no3)c(=O)c21. The molecule has 3 heterocycles. The van der Waals surface area contributed by atoms with E-state index in [0.717, 1.165) is 11.6 Å². The van der Waals surface area contributed by atoms with Crippen molar-refractivity contribution in [1.29, 1.82) is 0 Å². The Morgan fingerprint density at radius 1 is 1.16 bits per heavy atom. The molecule has 1 saturated carbocycles. The van der Waals surface area contributed by atoms with Crippen LogP contribution in [0.5, 0.6) is 0 Å². The van der Waals surface area contributed by atoms with Crippen LogP contribution in [0.25, 0.3) is 16.7 Å². The van der Waals surface area contributed by atoms with Crippen LogP contribution in [-0.2, 0) is 13.6 Å². The molecule has 0 aliphatic heterocycles. The number of allylic oxidation sites excluding steroid dienone is 2. The van der Waals surface area contributed by atoms with Crippen molar-refractivity contribution in [2.24, 2.45) is 18.9 Å². The Bertz CT molecular complexity index is 1420. The maximum atomic E-state index is 13.5. The Morgan fingerprint density at radius 3 is 2.68 bits per heavy atom. The van der Waals surface area contributed by atoms with Gasteiger partial charge in [-0.25, -0.2) is 18.7 Å². The minimum atomic E-state index is -0.579. The first kappa shape index (κ1) is 18.1. The molecule has 8 nitrogen and oxygen atoms in total. The van der Waals surface area contributed by atoms with Crippen LogP contribution in [0.1, 0.15) is 29.6 Å². The highest BCUT2D eigenvalue weighted by atomic mass is 19.1. The summed E-state index contributed by atoms with van der Waals surface area (Å²) in [5.74, 6) is 0.392. The van der Waals surface area contributed by atoms with Crippen molar-refractivity contribution in [3.05, 3.63) is 76.2 Å². The number of hydrogen-bond acceptors (Lipinski definition) is 6. The van der Waals surface area contributed by atoms with Gasteiger partial charge in [-0.2, -0.15) is 4.98 Å². The second-order valence-electron chi connectivity index (χ2n) is 8.07. The molecular formula is C21H16F2N6O2. The first-order valence-electron chi connectivity index (χ1n) is 9.84. The summed E-state index contributed by atoms with van der Waals surface area (Å²) >= 11 is 0. The number of aryl methyl sites for hydroxylation is 1. The van der Waals surface area contributed by atoms with Crippen LogP contribution in [0.2, 0.25) is 0 Å². The van der Waals surface area contributed by atoms with Crippen LogP contribution in [0, 0.1) is 23.5 Å². The molecule has 0 amide bonds. The summed E-state index contributed by atoms with van der Waals surface area (Å²) in [6, 6.07) is 3.58. The lowest BCUT2D eigenvalue weighted by molar-refractivity contribution is 0.364. The van der Waals surface area contributed by atoms with Crippen LogP contribution in [-0.4, -0.2) is 29.2 Å². The Labute approximate surface area is 173 Å². The number of nitrogens with zero attached hydrogens (tertiary/aromatic N) is 6. The maximum Gasteiger partial charge on any atom is 0.280 e. The van der Waals surface area contributed by atoms with E-state index >= 15 is 0 Å². The molecule has 3 unspecified atom stereocenters. The summed E-state index contributed by atoms with van der Waals surface area (Å²) in [5.41, 5.74) is 2.08. The predicted octanol–water partition coefficient (Wildman–Crippen LogP) is 2.66. The van der Waals surface area contributed by atoms with E-state index in [1.165, 1.54) is 23.0 Å². The summed E-state index contributed by atoms with van der Waals surface area (Å²) in [6.07, 6.45) is 5.72. The van der Waals surface area contributed by atoms with E-state index in [0.29, 0.717) is 40.8 Å². The van der Waals surface area contributed by atoms with E-state index < -0.39 is 11.6 Å². The predicted molar refractivity (Wildman–Crippen MR) is 105 cm³/mol. The number of imidazole rings is 1. The highest BCUT2D eigenvalue weighted by molar-refractivity contribution is 5.71. The normalized spacial score (nSPS) is 22.0. The molecule has 0 saturated heterocycles. The number of hydrogen-bond donors (Lipinski definition) is 0. The third-order valence-electron chi connectivity index (χ3n) is 6.10. The van der Waals surface area contributed by atoms with E-state index in [2.05, 4.69) is 20.1 Å². The van der Waals surface area contributed by atoms with Gasteiger partial charge in [0.05, 0.1) is 6.33 Å². The van der Waals surface area contributed by atoms with E-state index in [9.17, 15) is 13.6 Å². The molecule has 0 bridgehead atoms. The fraction of sp³-hybridized carbons (Fsp3) is 0.286. The average Bonchev–Trinajstić information content (AvgIpc) is 3.15.